The maximum Gasteiger partial charge on any atom is 0.176 e. The van der Waals surface area contributed by atoms with Gasteiger partial charge < -0.3 is 71.3 Å². The lowest BCUT2D eigenvalue weighted by molar-refractivity contribution is -0.216. The van der Waals surface area contributed by atoms with Crippen LogP contribution in [0.5, 0.6) is 17.2 Å². The Morgan fingerprint density at radius 1 is 0.458 bits per heavy atom. The highest BCUT2D eigenvalue weighted by atomic mass is 16.5. The number of ether oxygens (including phenoxy) is 1. The van der Waals surface area contributed by atoms with Gasteiger partial charge in [-0.1, -0.05) is 48.1 Å². The maximum absolute atomic E-state index is 12.3. The lowest BCUT2D eigenvalue weighted by Crippen LogP contribution is -2.68. The number of aliphatic hydroxyl groups is 1. The van der Waals surface area contributed by atoms with E-state index in [0.29, 0.717) is 114 Å². The van der Waals surface area contributed by atoms with E-state index in [0.717, 1.165) is 187 Å². The summed E-state index contributed by atoms with van der Waals surface area (Å²) in [6, 6.07) is 40.9. The molecule has 6 aromatic heterocycles. The van der Waals surface area contributed by atoms with Crippen molar-refractivity contribution in [1.82, 2.24) is 65.1 Å². The lowest BCUT2D eigenvalue weighted by atomic mass is 9.83. The topological polar surface area (TPSA) is 303 Å². The summed E-state index contributed by atoms with van der Waals surface area (Å²) in [7, 11) is 0. The number of piperazine rings is 4. The number of phenols is 3. The van der Waals surface area contributed by atoms with Crippen molar-refractivity contribution in [3.05, 3.63) is 157 Å². The summed E-state index contributed by atoms with van der Waals surface area (Å²) in [5.41, 5.74) is 24.8. The van der Waals surface area contributed by atoms with Gasteiger partial charge in [-0.25, -0.2) is 15.0 Å². The number of anilines is 10. The summed E-state index contributed by atoms with van der Waals surface area (Å²) in [6.07, 6.45) is 19.8. The van der Waals surface area contributed by atoms with E-state index >= 15 is 0 Å². The molecule has 11 aliphatic rings. The Bertz CT molecular complexity index is 5420. The third-order valence-corrected chi connectivity index (χ3v) is 26.9. The van der Waals surface area contributed by atoms with E-state index in [1.165, 1.54) is 12.8 Å². The van der Waals surface area contributed by atoms with Crippen LogP contribution in [0.3, 0.4) is 0 Å². The van der Waals surface area contributed by atoms with Crippen LogP contribution < -0.4 is 46.2 Å². The molecule has 27 heteroatoms. The van der Waals surface area contributed by atoms with Crippen LogP contribution in [0.15, 0.2) is 140 Å². The molecule has 6 bridgehead atoms. The Kier molecular flexibility index (Phi) is 20.4. The first kappa shape index (κ1) is 75.2. The number of likely N-dealkylation sites (tertiary alicyclic amines) is 2. The fourth-order valence-electron chi connectivity index (χ4n) is 21.4. The predicted molar refractivity (Wildman–Crippen MR) is 457 cm³/mol. The van der Waals surface area contributed by atoms with Crippen LogP contribution in [0, 0.1) is 35.5 Å². The van der Waals surface area contributed by atoms with Crippen LogP contribution in [0.2, 0.25) is 0 Å². The van der Waals surface area contributed by atoms with Crippen molar-refractivity contribution in [3.8, 4) is 86.5 Å². The van der Waals surface area contributed by atoms with E-state index in [1.807, 2.05) is 79.3 Å². The van der Waals surface area contributed by atoms with Gasteiger partial charge in [0.2, 0.25) is 0 Å². The predicted octanol–water partition coefficient (Wildman–Crippen LogP) is 8.82. The molecule has 9 N–H and O–H groups in total. The largest absolute Gasteiger partial charge is 0.507 e. The molecular formula is C91H100N22O5. The minimum absolute atomic E-state index is 0.0208. The standard InChI is InChI=1S/C91H100N22O5/c92-88-80(45-77(98-101-88)73-17-1-3-21-84(73)115)107-49-66-24-25-67(50-107)111(66)62-30-34-94-59(42-62)12-7-37-104-48-65-15-11-41-110(65)83(55-104)86-23-6-33-91(118-86)57-105(58-91)38-8-13-60-43-63(31-35-95-60)113-70-28-29-71(113)54-109(53-70)82-47-78(74-18-2-4-22-85(74)116)100-103-90(82)97-76-20-5-19-75(87(76)117)79-46-81(89(93)102-99-79)108-51-68-26-27-69(52-108)112(68)64-32-36-96-61(44-64)14-9-39-106-40-10-16-72(106)56-114/h1-5,17-22,30-32,34-36,42-47,65-72,83,86,114-117H,6,10-11,15-16,23-29,33,37-41,48-58H2,(H2,92,101)(H2,93,102)(H,97,103)/t65?,66?,67?,68?,69?,70?,71?,72-,83?,86?/m1/s1. The zero-order chi connectivity index (χ0) is 79.5. The van der Waals surface area contributed by atoms with Gasteiger partial charge >= 0.3 is 0 Å². The van der Waals surface area contributed by atoms with Crippen molar-refractivity contribution in [3.63, 3.8) is 0 Å². The first-order valence-electron chi connectivity index (χ1n) is 42.3. The SMILES string of the molecule is Nc1nnc(-c2ccccc2O)cc1N1CC2CCC(C1)N2c1ccnc(C#CCN2CC3CCCN3C(C3CCCC4(CN(CC#Cc5cc(N6C7CCC6CN(c6cc(-c8ccccc8O)nnc6Nc6cccc(-c8cc(N9CC%10CCC(C9)N%10c9ccnc(C#CCN%10CCC[C@@H]%10CO)c9)c(N)nn8)c6O)C7)ccn5)C4)O3)C2)c1. The molecule has 0 saturated carbocycles. The minimum atomic E-state index is -0.157. The molecule has 9 aromatic rings. The van der Waals surface area contributed by atoms with Crippen LogP contribution in [-0.2, 0) is 4.74 Å². The summed E-state index contributed by atoms with van der Waals surface area (Å²) in [5.74, 6) is 22.1. The Morgan fingerprint density at radius 2 is 0.941 bits per heavy atom. The summed E-state index contributed by atoms with van der Waals surface area (Å²) >= 11 is 0. The Morgan fingerprint density at radius 3 is 1.48 bits per heavy atom. The highest BCUT2D eigenvalue weighted by Gasteiger charge is 2.52. The molecule has 0 radical (unpaired) electrons. The second-order valence-electron chi connectivity index (χ2n) is 34.1. The molecule has 11 saturated heterocycles. The molecule has 118 heavy (non-hydrogen) atoms. The molecule has 11 aliphatic heterocycles. The normalized spacial score (nSPS) is 25.2. The van der Waals surface area contributed by atoms with Gasteiger partial charge in [0.05, 0.1) is 77.8 Å². The zero-order valence-electron chi connectivity index (χ0n) is 66.4. The molecule has 1 spiro atoms. The summed E-state index contributed by atoms with van der Waals surface area (Å²) in [5, 5.41) is 74.6. The molecule has 0 aliphatic carbocycles. The molecular weight excluding hydrogens is 1480 g/mol. The van der Waals surface area contributed by atoms with Gasteiger partial charge in [0.25, 0.3) is 0 Å². The number of aliphatic hydroxyl groups excluding tert-OH is 1. The summed E-state index contributed by atoms with van der Waals surface area (Å²) in [4.78, 5) is 38.8. The third-order valence-electron chi connectivity index (χ3n) is 26.9. The van der Waals surface area contributed by atoms with E-state index in [9.17, 15) is 20.4 Å². The van der Waals surface area contributed by atoms with E-state index in [-0.39, 0.29) is 65.8 Å². The smallest absolute Gasteiger partial charge is 0.176 e. The highest BCUT2D eigenvalue weighted by Crippen LogP contribution is 2.47. The second kappa shape index (κ2) is 32.0. The number of nitrogens with zero attached hydrogens (tertiary/aromatic N) is 19. The van der Waals surface area contributed by atoms with Gasteiger partial charge in [-0.15, -0.1) is 30.6 Å². The van der Waals surface area contributed by atoms with Gasteiger partial charge in [-0.05, 0) is 205 Å². The molecule has 27 nitrogen and oxygen atoms in total. The first-order chi connectivity index (χ1) is 57.8. The third kappa shape index (κ3) is 14.8. The van der Waals surface area contributed by atoms with Crippen LogP contribution in [0.4, 0.5) is 57.3 Å². The average Bonchev–Trinajstić information content (AvgIpc) is 1.51. The van der Waals surface area contributed by atoms with Crippen LogP contribution in [-0.4, -0.2) is 256 Å². The van der Waals surface area contributed by atoms with E-state index in [4.69, 9.17) is 31.3 Å². The van der Waals surface area contributed by atoms with Crippen molar-refractivity contribution in [1.29, 1.82) is 0 Å². The van der Waals surface area contributed by atoms with Crippen LogP contribution >= 0.6 is 0 Å². The van der Waals surface area contributed by atoms with Gasteiger partial charge in [-0.3, -0.25) is 19.6 Å². The number of fused-ring (bicyclic) bond motifs is 7. The number of nitrogen functional groups attached to an aromatic ring is 2. The number of aromatic hydroxyl groups is 3. The highest BCUT2D eigenvalue weighted by molar-refractivity contribution is 5.85. The number of para-hydroxylation sites is 3. The molecule has 11 fully saturated rings. The minimum Gasteiger partial charge on any atom is -0.507 e. The number of nitrogens with two attached hydrogens (primary N) is 2. The van der Waals surface area contributed by atoms with Gasteiger partial charge in [0.15, 0.2) is 17.5 Å². The number of rotatable bonds is 16. The quantitative estimate of drug-likeness (QED) is 0.0351. The molecule has 0 amide bonds. The van der Waals surface area contributed by atoms with Crippen molar-refractivity contribution in [2.45, 2.75) is 150 Å². The molecule has 17 heterocycles. The molecule has 9 unspecified atom stereocenters. The summed E-state index contributed by atoms with van der Waals surface area (Å²) in [6.45, 7) is 12.3. The monoisotopic (exact) mass is 1580 g/mol. The van der Waals surface area contributed by atoms with Gasteiger partial charge in [0.1, 0.15) is 34.3 Å². The summed E-state index contributed by atoms with van der Waals surface area (Å²) < 4.78 is 7.32. The first-order valence-corrected chi connectivity index (χ1v) is 42.3. The second-order valence-corrected chi connectivity index (χ2v) is 34.1. The number of hydrogen-bond donors (Lipinski definition) is 7. The lowest BCUT2D eigenvalue weighted by Gasteiger charge is -2.56. The number of hydrogen-bond acceptors (Lipinski definition) is 27. The maximum atomic E-state index is 12.3. The number of benzene rings is 3. The fourth-order valence-corrected chi connectivity index (χ4v) is 21.4. The van der Waals surface area contributed by atoms with Crippen LogP contribution in [0.25, 0.3) is 33.8 Å². The van der Waals surface area contributed by atoms with Crippen molar-refractivity contribution in [2.24, 2.45) is 0 Å². The molecule has 10 atom stereocenters. The van der Waals surface area contributed by atoms with E-state index < -0.39 is 0 Å². The van der Waals surface area contributed by atoms with Crippen molar-refractivity contribution < 1.29 is 25.2 Å². The van der Waals surface area contributed by atoms with Gasteiger partial charge in [0, 0.05) is 172 Å². The molecule has 604 valence electrons. The molecule has 20 rings (SSSR count). The average molecular weight is 1580 g/mol. The Balaban J connectivity index is 0.461. The fraction of sp³-hybridized carbons (Fsp3) is 0.440. The number of nitrogens with one attached hydrogen (secondary N) is 1. The van der Waals surface area contributed by atoms with Crippen LogP contribution in [0.1, 0.15) is 101 Å². The van der Waals surface area contributed by atoms with E-state index in [2.05, 4.69) is 157 Å². The Labute approximate surface area is 688 Å². The molecule has 3 aromatic carbocycles. The number of phenolic OH excluding ortho intramolecular Hbond substituents is 3. The number of aromatic nitrogens is 9. The van der Waals surface area contributed by atoms with Crippen molar-refractivity contribution in [2.75, 3.05) is 151 Å². The Hall–Kier alpha value is -11.6. The zero-order valence-corrected chi connectivity index (χ0v) is 66.4. The number of pyridine rings is 3. The van der Waals surface area contributed by atoms with Gasteiger partial charge in [-0.2, -0.15) is 0 Å². The van der Waals surface area contributed by atoms with Crippen molar-refractivity contribution >= 4 is 57.3 Å². The van der Waals surface area contributed by atoms with E-state index in [1.54, 1.807) is 24.3 Å².